The molecule has 0 spiro atoms. The number of hydrogen-bond acceptors (Lipinski definition) is 5. The van der Waals surface area contributed by atoms with E-state index in [9.17, 15) is 23.3 Å². The smallest absolute Gasteiger partial charge is 0.401 e. The molecule has 1 aliphatic heterocycles. The van der Waals surface area contributed by atoms with E-state index in [1.807, 2.05) is 0 Å². The zero-order chi connectivity index (χ0) is 17.7. The minimum atomic E-state index is -4.15. The first-order chi connectivity index (χ1) is 11.3. The molecule has 0 amide bonds. The van der Waals surface area contributed by atoms with Gasteiger partial charge in [-0.3, -0.25) is 15.0 Å². The Labute approximate surface area is 137 Å². The molecular weight excluding hydrogens is 327 g/mol. The van der Waals surface area contributed by atoms with Crippen LogP contribution in [0, 0.1) is 16.0 Å². The Bertz CT molecular complexity index is 573. The summed E-state index contributed by atoms with van der Waals surface area (Å²) in [7, 11) is 1.36. The topological polar surface area (TPSA) is 67.6 Å². The van der Waals surface area contributed by atoms with Crippen molar-refractivity contribution in [2.75, 3.05) is 38.6 Å². The highest BCUT2D eigenvalue weighted by Gasteiger charge is 2.32. The monoisotopic (exact) mass is 347 g/mol. The van der Waals surface area contributed by atoms with Crippen LogP contribution in [0.1, 0.15) is 12.8 Å². The largest absolute Gasteiger partial charge is 0.490 e. The van der Waals surface area contributed by atoms with Crippen molar-refractivity contribution in [1.82, 2.24) is 4.90 Å². The van der Waals surface area contributed by atoms with Crippen molar-refractivity contribution in [3.8, 4) is 5.75 Å². The van der Waals surface area contributed by atoms with E-state index >= 15 is 0 Å². The van der Waals surface area contributed by atoms with E-state index in [1.165, 1.54) is 18.1 Å². The molecule has 134 valence electrons. The zero-order valence-corrected chi connectivity index (χ0v) is 13.3. The zero-order valence-electron chi connectivity index (χ0n) is 13.3. The van der Waals surface area contributed by atoms with Crippen molar-refractivity contribution >= 4 is 11.4 Å². The molecule has 9 heteroatoms. The van der Waals surface area contributed by atoms with E-state index in [1.54, 1.807) is 12.1 Å². The number of alkyl halides is 3. The number of methoxy groups -OCH3 is 1. The van der Waals surface area contributed by atoms with Gasteiger partial charge in [0.1, 0.15) is 0 Å². The molecule has 1 fully saturated rings. The number of rotatable bonds is 6. The number of nitro benzene ring substituents is 1. The second kappa shape index (κ2) is 7.69. The van der Waals surface area contributed by atoms with Crippen LogP contribution >= 0.6 is 0 Å². The average Bonchev–Trinajstić information content (AvgIpc) is 2.52. The van der Waals surface area contributed by atoms with Crippen LogP contribution in [0.4, 0.5) is 24.5 Å². The van der Waals surface area contributed by atoms with Crippen LogP contribution in [0.5, 0.6) is 5.75 Å². The van der Waals surface area contributed by atoms with Gasteiger partial charge in [-0.05, 0) is 37.9 Å². The number of nitro groups is 1. The average molecular weight is 347 g/mol. The van der Waals surface area contributed by atoms with Crippen molar-refractivity contribution in [3.63, 3.8) is 0 Å². The molecule has 1 aromatic carbocycles. The van der Waals surface area contributed by atoms with Crippen molar-refractivity contribution in [2.24, 2.45) is 5.92 Å². The van der Waals surface area contributed by atoms with Gasteiger partial charge in [0.15, 0.2) is 5.75 Å². The summed E-state index contributed by atoms with van der Waals surface area (Å²) in [6.45, 7) is 0.610. The van der Waals surface area contributed by atoms with Crippen LogP contribution < -0.4 is 10.1 Å². The van der Waals surface area contributed by atoms with Gasteiger partial charge in [0.2, 0.25) is 0 Å². The molecular formula is C15H20F3N3O3. The summed E-state index contributed by atoms with van der Waals surface area (Å²) in [5.41, 5.74) is 0.582. The maximum absolute atomic E-state index is 12.4. The van der Waals surface area contributed by atoms with Crippen molar-refractivity contribution in [1.29, 1.82) is 0 Å². The van der Waals surface area contributed by atoms with E-state index in [0.717, 1.165) is 0 Å². The number of benzene rings is 1. The normalized spacial score (nSPS) is 16.8. The molecule has 0 radical (unpaired) electrons. The summed E-state index contributed by atoms with van der Waals surface area (Å²) in [4.78, 5) is 11.8. The maximum Gasteiger partial charge on any atom is 0.401 e. The molecule has 0 aliphatic carbocycles. The van der Waals surface area contributed by atoms with Crippen LogP contribution in [0.15, 0.2) is 18.2 Å². The molecule has 1 saturated heterocycles. The molecule has 1 aliphatic rings. The quantitative estimate of drug-likeness (QED) is 0.632. The summed E-state index contributed by atoms with van der Waals surface area (Å²) in [6.07, 6.45) is -2.78. The third-order valence-electron chi connectivity index (χ3n) is 4.08. The Morgan fingerprint density at radius 3 is 2.58 bits per heavy atom. The third kappa shape index (κ3) is 5.26. The minimum Gasteiger partial charge on any atom is -0.490 e. The maximum atomic E-state index is 12.4. The summed E-state index contributed by atoms with van der Waals surface area (Å²) in [5.74, 6) is 0.445. The minimum absolute atomic E-state index is 0.108. The lowest BCUT2D eigenvalue weighted by Crippen LogP contribution is -2.41. The molecule has 1 N–H and O–H groups in total. The Hall–Kier alpha value is -2.03. The highest BCUT2D eigenvalue weighted by atomic mass is 19.4. The second-order valence-electron chi connectivity index (χ2n) is 5.86. The van der Waals surface area contributed by atoms with Gasteiger partial charge in [0, 0.05) is 24.4 Å². The first-order valence-corrected chi connectivity index (χ1v) is 7.64. The number of nitrogens with one attached hydrogen (secondary N) is 1. The Balaban J connectivity index is 1.83. The molecule has 1 heterocycles. The van der Waals surface area contributed by atoms with Gasteiger partial charge in [-0.2, -0.15) is 13.2 Å². The summed E-state index contributed by atoms with van der Waals surface area (Å²) in [6, 6.07) is 4.52. The first-order valence-electron chi connectivity index (χ1n) is 7.64. The second-order valence-corrected chi connectivity index (χ2v) is 5.86. The molecule has 0 atom stereocenters. The van der Waals surface area contributed by atoms with E-state index in [0.29, 0.717) is 38.2 Å². The van der Waals surface area contributed by atoms with E-state index in [-0.39, 0.29) is 17.4 Å². The number of likely N-dealkylation sites (tertiary alicyclic amines) is 1. The van der Waals surface area contributed by atoms with Gasteiger partial charge in [0.25, 0.3) is 0 Å². The predicted octanol–water partition coefficient (Wildman–Crippen LogP) is 3.29. The highest BCUT2D eigenvalue weighted by molar-refractivity contribution is 5.57. The number of halogens is 3. The Morgan fingerprint density at radius 1 is 1.38 bits per heavy atom. The molecule has 6 nitrogen and oxygen atoms in total. The molecule has 0 unspecified atom stereocenters. The number of hydrogen-bond donors (Lipinski definition) is 1. The first kappa shape index (κ1) is 18.3. The Kier molecular flexibility index (Phi) is 5.87. The van der Waals surface area contributed by atoms with Gasteiger partial charge >= 0.3 is 11.9 Å². The number of piperidine rings is 1. The predicted molar refractivity (Wildman–Crippen MR) is 83.4 cm³/mol. The Morgan fingerprint density at radius 2 is 2.04 bits per heavy atom. The van der Waals surface area contributed by atoms with Gasteiger partial charge in [0.05, 0.1) is 18.6 Å². The molecule has 0 aromatic heterocycles. The van der Waals surface area contributed by atoms with Gasteiger partial charge in [-0.15, -0.1) is 0 Å². The number of nitrogens with zero attached hydrogens (tertiary/aromatic N) is 2. The van der Waals surface area contributed by atoms with E-state index in [4.69, 9.17) is 4.74 Å². The fourth-order valence-corrected chi connectivity index (χ4v) is 2.80. The SMILES string of the molecule is COc1cc(NCC2CCN(CC(F)(F)F)CC2)ccc1[N+](=O)[O-]. The molecule has 2 rings (SSSR count). The van der Waals surface area contributed by atoms with Gasteiger partial charge in [-0.25, -0.2) is 0 Å². The van der Waals surface area contributed by atoms with Gasteiger partial charge in [-0.1, -0.05) is 0 Å². The van der Waals surface area contributed by atoms with Crippen LogP contribution in [0.3, 0.4) is 0 Å². The summed E-state index contributed by atoms with van der Waals surface area (Å²) >= 11 is 0. The fraction of sp³-hybridized carbons (Fsp3) is 0.600. The molecule has 0 saturated carbocycles. The number of anilines is 1. The number of ether oxygens (including phenoxy) is 1. The van der Waals surface area contributed by atoms with Crippen molar-refractivity contribution in [2.45, 2.75) is 19.0 Å². The third-order valence-corrected chi connectivity index (χ3v) is 4.08. The van der Waals surface area contributed by atoms with E-state index < -0.39 is 17.6 Å². The fourth-order valence-electron chi connectivity index (χ4n) is 2.80. The van der Waals surface area contributed by atoms with Gasteiger partial charge < -0.3 is 10.1 Å². The standard InChI is InChI=1S/C15H20F3N3O3/c1-24-14-8-12(2-3-13(14)21(22)23)19-9-11-4-6-20(7-5-11)10-15(16,17)18/h2-3,8,11,19H,4-7,9-10H2,1H3. The lowest BCUT2D eigenvalue weighted by atomic mass is 9.96. The summed E-state index contributed by atoms with van der Waals surface area (Å²) < 4.78 is 42.1. The van der Waals surface area contributed by atoms with Crippen molar-refractivity contribution in [3.05, 3.63) is 28.3 Å². The van der Waals surface area contributed by atoms with Crippen LogP contribution in [-0.2, 0) is 0 Å². The van der Waals surface area contributed by atoms with Crippen LogP contribution in [-0.4, -0.2) is 49.3 Å². The molecule has 0 bridgehead atoms. The lowest BCUT2D eigenvalue weighted by molar-refractivity contribution is -0.385. The lowest BCUT2D eigenvalue weighted by Gasteiger charge is -2.32. The van der Waals surface area contributed by atoms with Crippen LogP contribution in [0.2, 0.25) is 0 Å². The van der Waals surface area contributed by atoms with Crippen molar-refractivity contribution < 1.29 is 22.8 Å². The molecule has 24 heavy (non-hydrogen) atoms. The molecule has 1 aromatic rings. The highest BCUT2D eigenvalue weighted by Crippen LogP contribution is 2.30. The summed E-state index contributed by atoms with van der Waals surface area (Å²) in [5, 5.41) is 14.0. The van der Waals surface area contributed by atoms with E-state index in [2.05, 4.69) is 5.32 Å². The van der Waals surface area contributed by atoms with Crippen LogP contribution in [0.25, 0.3) is 0 Å².